The fourth-order valence-corrected chi connectivity index (χ4v) is 6.92. The number of rotatable bonds is 22. The smallest absolute Gasteiger partial charge is 0.356 e. The first kappa shape index (κ1) is 48.7. The maximum atomic E-state index is 12.4. The van der Waals surface area contributed by atoms with E-state index < -0.39 is 32.2 Å². The molecule has 1 aromatic rings. The molecule has 3 unspecified atom stereocenters. The molecular weight excluding hydrogens is 831 g/mol. The van der Waals surface area contributed by atoms with Gasteiger partial charge < -0.3 is 34.9 Å². The summed E-state index contributed by atoms with van der Waals surface area (Å²) in [4.78, 5) is 33.6. The van der Waals surface area contributed by atoms with E-state index in [1.165, 1.54) is 14.2 Å². The number of hydrogen-bond donors (Lipinski definition) is 5. The van der Waals surface area contributed by atoms with Gasteiger partial charge in [-0.05, 0) is 62.1 Å². The number of hydrogen-bond acceptors (Lipinski definition) is 15. The molecule has 0 bridgehead atoms. The van der Waals surface area contributed by atoms with Crippen LogP contribution in [0.5, 0.6) is 0 Å². The Morgan fingerprint density at radius 3 is 2.15 bits per heavy atom. The van der Waals surface area contributed by atoms with Crippen LogP contribution in [0.1, 0.15) is 53.8 Å². The van der Waals surface area contributed by atoms with E-state index in [-0.39, 0.29) is 61.2 Å². The number of pyridine rings is 1. The molecule has 1 aromatic heterocycles. The van der Waals surface area contributed by atoms with Crippen LogP contribution in [-0.2, 0) is 50.5 Å². The lowest BCUT2D eigenvalue weighted by atomic mass is 9.97. The Bertz CT molecular complexity index is 2240. The number of esters is 2. The molecule has 1 aliphatic heterocycles. The minimum atomic E-state index is -4.02. The molecule has 3 atom stereocenters. The Morgan fingerprint density at radius 2 is 1.49 bits per heavy atom. The monoisotopic (exact) mass is 883 g/mol. The molecule has 5 N–H and O–H groups in total. The molecule has 2 aliphatic carbocycles. The van der Waals surface area contributed by atoms with Gasteiger partial charge in [0.05, 0.1) is 49.8 Å². The first-order chi connectivity index (χ1) is 29.2. The molecule has 19 heteroatoms. The standard InChI is InChI=1S/C42H53N5O12S2/c1-56-41(48)39-27-33(7-5-31-9-13-37(14-10-31)58-21-3-23-60(50,51)52)25-35(46-39)29-44-19-17-43-18-20-45-30-36-26-34(28-40(47-36)42(49)57-2)8-6-32-11-15-38(16-12-32)59-22-4-24-61(53,54)55/h9-11,13,15-16,25-26,28,32-33,37,43-45H,3-4,12,14,17-24,27,29-30H2,1-2H3,(H,50,51,52)(H,53,54,55). The number of carbonyl (C=O) groups is 2. The van der Waals surface area contributed by atoms with Crippen LogP contribution in [0.25, 0.3) is 0 Å². The number of methoxy groups -OCH3 is 2. The molecule has 0 saturated carbocycles. The predicted molar refractivity (Wildman–Crippen MR) is 228 cm³/mol. The summed E-state index contributed by atoms with van der Waals surface area (Å²) in [6.45, 7) is 3.78. The first-order valence-corrected chi connectivity index (χ1v) is 22.9. The van der Waals surface area contributed by atoms with Crippen molar-refractivity contribution in [3.63, 3.8) is 0 Å². The fourth-order valence-electron chi connectivity index (χ4n) is 5.96. The number of ether oxygens (including phenoxy) is 4. The van der Waals surface area contributed by atoms with Gasteiger partial charge in [0.15, 0.2) is 0 Å². The molecule has 3 aliphatic rings. The van der Waals surface area contributed by atoms with Crippen molar-refractivity contribution in [3.05, 3.63) is 88.6 Å². The third-order valence-corrected chi connectivity index (χ3v) is 10.6. The van der Waals surface area contributed by atoms with Crippen LogP contribution >= 0.6 is 0 Å². The van der Waals surface area contributed by atoms with Crippen molar-refractivity contribution in [1.29, 1.82) is 0 Å². The molecule has 0 saturated heterocycles. The predicted octanol–water partition coefficient (Wildman–Crippen LogP) is 2.31. The highest BCUT2D eigenvalue weighted by atomic mass is 32.2. The van der Waals surface area contributed by atoms with Crippen molar-refractivity contribution >= 4 is 37.9 Å². The van der Waals surface area contributed by atoms with Gasteiger partial charge in [-0.1, -0.05) is 41.9 Å². The molecular formula is C42H53N5O12S2. The summed E-state index contributed by atoms with van der Waals surface area (Å²) in [6, 6.07) is 3.41. The van der Waals surface area contributed by atoms with Crippen LogP contribution in [0.4, 0.5) is 0 Å². The molecule has 0 radical (unpaired) electrons. The Morgan fingerprint density at radius 1 is 0.803 bits per heavy atom. The lowest BCUT2D eigenvalue weighted by molar-refractivity contribution is -0.132. The zero-order chi connectivity index (χ0) is 44.1. The van der Waals surface area contributed by atoms with Crippen LogP contribution in [0.3, 0.4) is 0 Å². The van der Waals surface area contributed by atoms with E-state index in [9.17, 15) is 26.4 Å². The zero-order valence-electron chi connectivity index (χ0n) is 34.2. The second-order valence-corrected chi connectivity index (χ2v) is 17.1. The van der Waals surface area contributed by atoms with Gasteiger partial charge in [0.1, 0.15) is 17.2 Å². The molecule has 0 fully saturated rings. The Hall–Kier alpha value is -4.96. The van der Waals surface area contributed by atoms with Crippen molar-refractivity contribution in [1.82, 2.24) is 20.9 Å². The van der Waals surface area contributed by atoms with E-state index in [0.29, 0.717) is 87.0 Å². The maximum absolute atomic E-state index is 12.4. The average Bonchev–Trinajstić information content (AvgIpc) is 3.24. The van der Waals surface area contributed by atoms with E-state index in [0.717, 1.165) is 5.57 Å². The molecule has 61 heavy (non-hydrogen) atoms. The van der Waals surface area contributed by atoms with Gasteiger partial charge in [0, 0.05) is 75.3 Å². The van der Waals surface area contributed by atoms with E-state index >= 15 is 0 Å². The highest BCUT2D eigenvalue weighted by Gasteiger charge is 2.22. The van der Waals surface area contributed by atoms with Crippen LogP contribution in [0, 0.1) is 35.5 Å². The van der Waals surface area contributed by atoms with Crippen molar-refractivity contribution in [2.45, 2.75) is 44.8 Å². The molecule has 330 valence electrons. The minimum Gasteiger partial charge on any atom is -0.494 e. The van der Waals surface area contributed by atoms with Gasteiger partial charge in [-0.25, -0.2) is 19.6 Å². The fraction of sp³-hybridized carbons (Fsp3) is 0.476. The Kier molecular flexibility index (Phi) is 20.0. The van der Waals surface area contributed by atoms with Gasteiger partial charge in [-0.3, -0.25) is 9.11 Å². The number of nitrogens with one attached hydrogen (secondary N) is 3. The molecule has 2 heterocycles. The second-order valence-electron chi connectivity index (χ2n) is 14.0. The highest BCUT2D eigenvalue weighted by Crippen LogP contribution is 2.20. The van der Waals surface area contributed by atoms with E-state index in [1.807, 2.05) is 42.5 Å². The average molecular weight is 884 g/mol. The van der Waals surface area contributed by atoms with Crippen molar-refractivity contribution < 1.29 is 54.5 Å². The number of allylic oxidation sites excluding steroid dienone is 6. The van der Waals surface area contributed by atoms with Crippen LogP contribution in [0.15, 0.2) is 76.7 Å². The third-order valence-electron chi connectivity index (χ3n) is 8.97. The summed E-state index contributed by atoms with van der Waals surface area (Å²) >= 11 is 0. The Balaban J connectivity index is 1.17. The van der Waals surface area contributed by atoms with Gasteiger partial charge in [-0.15, -0.1) is 0 Å². The number of aliphatic imine (C=N–C) groups is 1. The summed E-state index contributed by atoms with van der Waals surface area (Å²) < 4.78 is 82.2. The zero-order valence-corrected chi connectivity index (χ0v) is 35.9. The quantitative estimate of drug-likeness (QED) is 0.0486. The molecule has 0 aromatic carbocycles. The molecule has 0 amide bonds. The Labute approximate surface area is 357 Å². The van der Waals surface area contributed by atoms with E-state index in [4.69, 9.17) is 28.1 Å². The van der Waals surface area contributed by atoms with Crippen LogP contribution < -0.4 is 16.0 Å². The summed E-state index contributed by atoms with van der Waals surface area (Å²) in [5, 5.41) is 10.0. The normalized spacial score (nSPS) is 18.6. The van der Waals surface area contributed by atoms with Gasteiger partial charge in [0.2, 0.25) is 0 Å². The number of carbonyl (C=O) groups excluding carboxylic acids is 2. The lowest BCUT2D eigenvalue weighted by Crippen LogP contribution is -2.33. The van der Waals surface area contributed by atoms with Gasteiger partial charge in [0.25, 0.3) is 20.2 Å². The topological polar surface area (TPSA) is 241 Å². The summed E-state index contributed by atoms with van der Waals surface area (Å²) in [5.74, 6) is 11.2. The largest absolute Gasteiger partial charge is 0.494 e. The summed E-state index contributed by atoms with van der Waals surface area (Å²) in [7, 11) is -5.42. The maximum Gasteiger partial charge on any atom is 0.356 e. The van der Waals surface area contributed by atoms with Crippen molar-refractivity contribution in [2.75, 3.05) is 71.7 Å². The SMILES string of the molecule is COC(=O)C1=NC(CNCCNCCNCc2cc(C#CC3C=CC(OCCCS(=O)(=O)O)=CC3)cc(C(=O)OC)n2)=CC(C#CC2=CCC(OCCCS(=O)(=O)O)C=C2)C1. The van der Waals surface area contributed by atoms with Crippen molar-refractivity contribution in [3.8, 4) is 23.7 Å². The number of aromatic nitrogens is 1. The lowest BCUT2D eigenvalue weighted by Gasteiger charge is -2.17. The van der Waals surface area contributed by atoms with Crippen LogP contribution in [0.2, 0.25) is 0 Å². The second kappa shape index (κ2) is 25.1. The minimum absolute atomic E-state index is 0.0910. The summed E-state index contributed by atoms with van der Waals surface area (Å²) in [6.07, 6.45) is 14.8. The van der Waals surface area contributed by atoms with Crippen molar-refractivity contribution in [2.24, 2.45) is 16.8 Å². The number of nitrogens with zero attached hydrogens (tertiary/aromatic N) is 2. The van der Waals surface area contributed by atoms with Gasteiger partial charge >= 0.3 is 11.9 Å². The third kappa shape index (κ3) is 19.5. The summed E-state index contributed by atoms with van der Waals surface area (Å²) in [5.41, 5.74) is 3.19. The molecule has 17 nitrogen and oxygen atoms in total. The first-order valence-electron chi connectivity index (χ1n) is 19.7. The highest BCUT2D eigenvalue weighted by molar-refractivity contribution is 7.86. The molecule has 4 rings (SSSR count). The van der Waals surface area contributed by atoms with E-state index in [1.54, 1.807) is 12.1 Å². The van der Waals surface area contributed by atoms with Crippen LogP contribution in [-0.4, -0.2) is 126 Å². The van der Waals surface area contributed by atoms with Gasteiger partial charge in [-0.2, -0.15) is 16.8 Å². The molecule has 0 spiro atoms. The van der Waals surface area contributed by atoms with E-state index in [2.05, 4.69) is 49.6 Å².